The first-order valence-corrected chi connectivity index (χ1v) is 13.9. The molecule has 0 saturated heterocycles. The number of benzene rings is 4. The molecule has 0 aliphatic heterocycles. The normalized spacial score (nSPS) is 11.8. The van der Waals surface area contributed by atoms with E-state index in [1.807, 2.05) is 30.4 Å². The second-order valence-corrected chi connectivity index (χ2v) is 11.9. The molecule has 33 heavy (non-hydrogen) atoms. The Morgan fingerprint density at radius 2 is 0.939 bits per heavy atom. The van der Waals surface area contributed by atoms with Gasteiger partial charge in [-0.1, -0.05) is 127 Å². The Morgan fingerprint density at radius 3 is 1.36 bits per heavy atom. The molecule has 3 heteroatoms. The highest BCUT2D eigenvalue weighted by Crippen LogP contribution is 2.24. The minimum atomic E-state index is -2.38. The van der Waals surface area contributed by atoms with Crippen LogP contribution in [-0.4, -0.2) is 14.5 Å². The van der Waals surface area contributed by atoms with Gasteiger partial charge in [-0.3, -0.25) is 0 Å². The third-order valence-electron chi connectivity index (χ3n) is 5.59. The summed E-state index contributed by atoms with van der Waals surface area (Å²) in [6.07, 6.45) is 5.76. The van der Waals surface area contributed by atoms with Gasteiger partial charge in [0.15, 0.2) is 0 Å². The fraction of sp³-hybridized carbons (Fsp3) is 0.100. The summed E-state index contributed by atoms with van der Waals surface area (Å²) in [6, 6.07) is 44.9. The summed E-state index contributed by atoms with van der Waals surface area (Å²) in [5.41, 5.74) is 5.04. The van der Waals surface area contributed by atoms with E-state index in [2.05, 4.69) is 108 Å². The van der Waals surface area contributed by atoms with Gasteiger partial charge in [0.1, 0.15) is 0 Å². The van der Waals surface area contributed by atoms with Crippen molar-refractivity contribution in [3.63, 3.8) is 0 Å². The maximum absolute atomic E-state index is 6.54. The molecule has 0 atom stereocenters. The van der Waals surface area contributed by atoms with Gasteiger partial charge in [0, 0.05) is 18.1 Å². The Labute approximate surface area is 198 Å². The van der Waals surface area contributed by atoms with Crippen molar-refractivity contribution in [1.29, 1.82) is 0 Å². The molecule has 4 rings (SSSR count). The van der Waals surface area contributed by atoms with Crippen LogP contribution in [0.15, 0.2) is 133 Å². The van der Waals surface area contributed by atoms with Crippen LogP contribution in [-0.2, 0) is 22.7 Å². The lowest BCUT2D eigenvalue weighted by molar-refractivity contribution is 0.319. The van der Waals surface area contributed by atoms with Crippen LogP contribution in [0.25, 0.3) is 6.08 Å². The Morgan fingerprint density at radius 1 is 0.545 bits per heavy atom. The van der Waals surface area contributed by atoms with Crippen molar-refractivity contribution in [3.05, 3.63) is 150 Å². The van der Waals surface area contributed by atoms with E-state index in [0.717, 1.165) is 23.7 Å². The molecule has 0 amide bonds. The van der Waals surface area contributed by atoms with Gasteiger partial charge in [-0.25, -0.2) is 0 Å². The summed E-state index contributed by atoms with van der Waals surface area (Å²) in [7, 11) is -2.38. The lowest BCUT2D eigenvalue weighted by Crippen LogP contribution is -2.46. The average molecular weight is 448 g/mol. The number of nitrogens with zero attached hydrogens (tertiary/aromatic N) is 1. The first-order valence-electron chi connectivity index (χ1n) is 11.4. The first kappa shape index (κ1) is 22.5. The van der Waals surface area contributed by atoms with E-state index in [9.17, 15) is 0 Å². The van der Waals surface area contributed by atoms with E-state index in [1.165, 1.54) is 16.7 Å². The Balaban J connectivity index is 1.62. The molecule has 0 saturated carbocycles. The Kier molecular flexibility index (Phi) is 8.04. The molecular formula is C30H29NOSi. The summed E-state index contributed by atoms with van der Waals surface area (Å²) in [6.45, 7) is 0. The first-order chi connectivity index (χ1) is 16.3. The van der Waals surface area contributed by atoms with Gasteiger partial charge in [0.05, 0.1) is 6.21 Å². The molecule has 0 unspecified atom stereocenters. The largest absolute Gasteiger partial charge is 0.454 e. The van der Waals surface area contributed by atoms with Gasteiger partial charge in [0.25, 0.3) is 8.32 Å². The fourth-order valence-corrected chi connectivity index (χ4v) is 7.88. The summed E-state index contributed by atoms with van der Waals surface area (Å²) in [5, 5.41) is 4.50. The van der Waals surface area contributed by atoms with Crippen molar-refractivity contribution in [1.82, 2.24) is 0 Å². The average Bonchev–Trinajstić information content (AvgIpc) is 2.86. The predicted octanol–water partition coefficient (Wildman–Crippen LogP) is 6.99. The molecule has 0 spiro atoms. The van der Waals surface area contributed by atoms with Crippen molar-refractivity contribution in [2.75, 3.05) is 0 Å². The second kappa shape index (κ2) is 11.8. The Hall–Kier alpha value is -3.69. The highest BCUT2D eigenvalue weighted by Gasteiger charge is 2.39. The molecule has 0 aliphatic carbocycles. The van der Waals surface area contributed by atoms with E-state index in [4.69, 9.17) is 4.53 Å². The molecular weight excluding hydrogens is 418 g/mol. The number of hydrogen-bond acceptors (Lipinski definition) is 2. The van der Waals surface area contributed by atoms with Gasteiger partial charge in [-0.15, -0.1) is 5.16 Å². The fourth-order valence-electron chi connectivity index (χ4n) is 4.08. The standard InChI is InChI=1S/C30H29NOSi/c1-5-14-27(15-6-1)22-13-23-31-32-33(24-28-16-7-2-8-17-28,25-29-18-9-3-10-19-29)26-30-20-11-4-12-21-30/h1-23H,24-26H2/b22-13+,31-23?. The highest BCUT2D eigenvalue weighted by atomic mass is 28.4. The van der Waals surface area contributed by atoms with Gasteiger partial charge in [-0.05, 0) is 28.3 Å². The van der Waals surface area contributed by atoms with Crippen molar-refractivity contribution in [3.8, 4) is 0 Å². The minimum Gasteiger partial charge on any atom is -0.454 e. The van der Waals surface area contributed by atoms with E-state index in [1.54, 1.807) is 6.21 Å². The molecule has 4 aromatic carbocycles. The summed E-state index contributed by atoms with van der Waals surface area (Å²) in [4.78, 5) is 0. The van der Waals surface area contributed by atoms with Crippen LogP contribution in [0.1, 0.15) is 22.3 Å². The van der Waals surface area contributed by atoms with Gasteiger partial charge < -0.3 is 4.53 Å². The van der Waals surface area contributed by atoms with E-state index in [0.29, 0.717) is 0 Å². The molecule has 0 bridgehead atoms. The molecule has 0 heterocycles. The van der Waals surface area contributed by atoms with Crippen LogP contribution in [0.3, 0.4) is 0 Å². The molecule has 0 aromatic heterocycles. The van der Waals surface area contributed by atoms with E-state index >= 15 is 0 Å². The number of rotatable bonds is 10. The third-order valence-corrected chi connectivity index (χ3v) is 9.24. The third kappa shape index (κ3) is 7.16. The Bertz CT molecular complexity index is 1040. The maximum Gasteiger partial charge on any atom is 0.300 e. The van der Waals surface area contributed by atoms with Crippen molar-refractivity contribution in [2.45, 2.75) is 18.1 Å². The van der Waals surface area contributed by atoms with Crippen LogP contribution in [0.2, 0.25) is 0 Å². The minimum absolute atomic E-state index is 0.900. The molecule has 164 valence electrons. The zero-order valence-electron chi connectivity index (χ0n) is 18.8. The number of hydrogen-bond donors (Lipinski definition) is 0. The SMILES string of the molecule is C(/C=C/c1ccccc1)=NO[Si](Cc1ccccc1)(Cc1ccccc1)Cc1ccccc1. The molecule has 2 nitrogen and oxygen atoms in total. The topological polar surface area (TPSA) is 21.6 Å². The monoisotopic (exact) mass is 447 g/mol. The molecule has 0 aliphatic rings. The van der Waals surface area contributed by atoms with Gasteiger partial charge in [0.2, 0.25) is 0 Å². The van der Waals surface area contributed by atoms with E-state index < -0.39 is 8.32 Å². The van der Waals surface area contributed by atoms with Gasteiger partial charge >= 0.3 is 0 Å². The van der Waals surface area contributed by atoms with Crippen molar-refractivity contribution >= 4 is 20.6 Å². The van der Waals surface area contributed by atoms with Crippen molar-refractivity contribution in [2.24, 2.45) is 5.16 Å². The van der Waals surface area contributed by atoms with Crippen LogP contribution < -0.4 is 0 Å². The smallest absolute Gasteiger partial charge is 0.300 e. The van der Waals surface area contributed by atoms with Crippen LogP contribution in [0.5, 0.6) is 0 Å². The molecule has 0 radical (unpaired) electrons. The number of allylic oxidation sites excluding steroid dienone is 1. The van der Waals surface area contributed by atoms with E-state index in [-0.39, 0.29) is 0 Å². The zero-order chi connectivity index (χ0) is 22.6. The van der Waals surface area contributed by atoms with Crippen LogP contribution in [0, 0.1) is 0 Å². The highest BCUT2D eigenvalue weighted by molar-refractivity contribution is 6.72. The van der Waals surface area contributed by atoms with Crippen LogP contribution in [0.4, 0.5) is 0 Å². The summed E-state index contributed by atoms with van der Waals surface area (Å²) < 4.78 is 6.54. The quantitative estimate of drug-likeness (QED) is 0.146. The lowest BCUT2D eigenvalue weighted by Gasteiger charge is -2.29. The molecule has 0 N–H and O–H groups in total. The molecule has 4 aromatic rings. The maximum atomic E-state index is 6.54. The van der Waals surface area contributed by atoms with Crippen LogP contribution >= 0.6 is 0 Å². The summed E-state index contributed by atoms with van der Waals surface area (Å²) in [5.74, 6) is 0. The van der Waals surface area contributed by atoms with Crippen molar-refractivity contribution < 1.29 is 4.53 Å². The predicted molar refractivity (Wildman–Crippen MR) is 141 cm³/mol. The molecule has 0 fully saturated rings. The second-order valence-electron chi connectivity index (χ2n) is 8.29. The summed E-state index contributed by atoms with van der Waals surface area (Å²) >= 11 is 0. The van der Waals surface area contributed by atoms with Gasteiger partial charge in [-0.2, -0.15) is 0 Å². The number of oxime groups is 1. The zero-order valence-corrected chi connectivity index (χ0v) is 19.8. The lowest BCUT2D eigenvalue weighted by atomic mass is 10.2.